The maximum Gasteiger partial charge on any atom is 0.191 e. The van der Waals surface area contributed by atoms with Crippen LogP contribution in [0.1, 0.15) is 34.7 Å². The Bertz CT molecular complexity index is 713. The van der Waals surface area contributed by atoms with Gasteiger partial charge in [-0.2, -0.15) is 0 Å². The molecule has 1 aromatic heterocycles. The number of benzene rings is 1. The molecule has 2 N–H and O–H groups in total. The van der Waals surface area contributed by atoms with Crippen LogP contribution in [-0.4, -0.2) is 37.2 Å². The molecular weight excluding hydrogens is 332 g/mol. The Hall–Kier alpha value is -2.08. The lowest BCUT2D eigenvalue weighted by atomic mass is 9.93. The molecule has 2 heterocycles. The van der Waals surface area contributed by atoms with Gasteiger partial charge in [-0.3, -0.25) is 4.99 Å². The van der Waals surface area contributed by atoms with Crippen LogP contribution < -0.4 is 15.4 Å². The van der Waals surface area contributed by atoms with Crippen LogP contribution in [0.25, 0.3) is 0 Å². The Morgan fingerprint density at radius 1 is 1.36 bits per heavy atom. The average molecular weight is 359 g/mol. The molecule has 6 heteroatoms. The van der Waals surface area contributed by atoms with Gasteiger partial charge in [-0.25, -0.2) is 4.98 Å². The fraction of sp³-hybridized carbons (Fsp3) is 0.474. The van der Waals surface area contributed by atoms with Gasteiger partial charge in [0.25, 0.3) is 0 Å². The second-order valence-corrected chi connectivity index (χ2v) is 7.45. The molecule has 1 aromatic carbocycles. The standard InChI is InChI=1S/C19H26N4OS/c1-3-20-19(21-10-8-18-22-12-14(2)25-18)23-13-15-9-11-24-17-7-5-4-6-16(15)17/h4-7,12,15H,3,8-11,13H2,1-2H3,(H2,20,21,23). The summed E-state index contributed by atoms with van der Waals surface area (Å²) in [5.41, 5.74) is 1.27. The van der Waals surface area contributed by atoms with E-state index in [1.807, 2.05) is 18.3 Å². The summed E-state index contributed by atoms with van der Waals surface area (Å²) >= 11 is 1.76. The van der Waals surface area contributed by atoms with Crippen molar-refractivity contribution in [1.29, 1.82) is 0 Å². The van der Waals surface area contributed by atoms with Crippen LogP contribution in [0.3, 0.4) is 0 Å². The topological polar surface area (TPSA) is 58.5 Å². The first-order valence-corrected chi connectivity index (χ1v) is 9.73. The van der Waals surface area contributed by atoms with E-state index < -0.39 is 0 Å². The number of nitrogens with zero attached hydrogens (tertiary/aromatic N) is 2. The quantitative estimate of drug-likeness (QED) is 0.615. The Morgan fingerprint density at radius 2 is 2.24 bits per heavy atom. The van der Waals surface area contributed by atoms with Crippen molar-refractivity contribution >= 4 is 17.3 Å². The molecule has 0 aliphatic carbocycles. The molecule has 0 amide bonds. The van der Waals surface area contributed by atoms with E-state index in [2.05, 4.69) is 41.6 Å². The third-order valence-corrected chi connectivity index (χ3v) is 5.17. The molecule has 1 unspecified atom stereocenters. The number of thiazole rings is 1. The highest BCUT2D eigenvalue weighted by Crippen LogP contribution is 2.33. The molecule has 1 aliphatic heterocycles. The third kappa shape index (κ3) is 4.95. The summed E-state index contributed by atoms with van der Waals surface area (Å²) in [7, 11) is 0. The summed E-state index contributed by atoms with van der Waals surface area (Å²) in [5.74, 6) is 2.30. The summed E-state index contributed by atoms with van der Waals surface area (Å²) < 4.78 is 5.74. The highest BCUT2D eigenvalue weighted by atomic mass is 32.1. The van der Waals surface area contributed by atoms with E-state index in [-0.39, 0.29) is 0 Å². The molecule has 0 saturated heterocycles. The zero-order valence-electron chi connectivity index (χ0n) is 14.9. The molecule has 5 nitrogen and oxygen atoms in total. The van der Waals surface area contributed by atoms with Crippen molar-refractivity contribution in [3.05, 3.63) is 45.9 Å². The van der Waals surface area contributed by atoms with Crippen molar-refractivity contribution in [2.24, 2.45) is 4.99 Å². The Balaban J connectivity index is 1.57. The van der Waals surface area contributed by atoms with Gasteiger partial charge in [0, 0.05) is 43.0 Å². The molecule has 1 atom stereocenters. The second-order valence-electron chi connectivity index (χ2n) is 6.13. The molecule has 3 rings (SSSR count). The van der Waals surface area contributed by atoms with Crippen molar-refractivity contribution < 1.29 is 4.74 Å². The smallest absolute Gasteiger partial charge is 0.191 e. The number of rotatable bonds is 6. The van der Waals surface area contributed by atoms with E-state index in [1.54, 1.807) is 11.3 Å². The third-order valence-electron chi connectivity index (χ3n) is 4.20. The van der Waals surface area contributed by atoms with E-state index in [0.717, 1.165) is 50.8 Å². The fourth-order valence-electron chi connectivity index (χ4n) is 2.95. The van der Waals surface area contributed by atoms with E-state index in [1.165, 1.54) is 15.4 Å². The van der Waals surface area contributed by atoms with Gasteiger partial charge in [0.05, 0.1) is 11.6 Å². The number of aromatic nitrogens is 1. The maximum absolute atomic E-state index is 5.74. The van der Waals surface area contributed by atoms with Crippen LogP contribution in [0, 0.1) is 6.92 Å². The predicted octanol–water partition coefficient (Wildman–Crippen LogP) is 3.12. The number of aryl methyl sites for hydroxylation is 1. The number of nitrogens with one attached hydrogen (secondary N) is 2. The molecule has 0 saturated carbocycles. The van der Waals surface area contributed by atoms with Crippen LogP contribution in [0.4, 0.5) is 0 Å². The van der Waals surface area contributed by atoms with Crippen molar-refractivity contribution in [1.82, 2.24) is 15.6 Å². The second kappa shape index (κ2) is 8.85. The maximum atomic E-state index is 5.74. The van der Waals surface area contributed by atoms with E-state index in [0.29, 0.717) is 5.92 Å². The Kier molecular flexibility index (Phi) is 6.28. The summed E-state index contributed by atoms with van der Waals surface area (Å²) in [6.07, 6.45) is 3.86. The number of para-hydroxylation sites is 1. The van der Waals surface area contributed by atoms with E-state index >= 15 is 0 Å². The first-order chi connectivity index (χ1) is 12.3. The van der Waals surface area contributed by atoms with Crippen molar-refractivity contribution in [3.63, 3.8) is 0 Å². The van der Waals surface area contributed by atoms with Gasteiger partial charge in [-0.15, -0.1) is 11.3 Å². The monoisotopic (exact) mass is 358 g/mol. The van der Waals surface area contributed by atoms with Crippen LogP contribution in [0.5, 0.6) is 5.75 Å². The van der Waals surface area contributed by atoms with Gasteiger partial charge in [0.15, 0.2) is 5.96 Å². The molecule has 0 spiro atoms. The minimum Gasteiger partial charge on any atom is -0.493 e. The summed E-state index contributed by atoms with van der Waals surface area (Å²) in [6, 6.07) is 8.30. The lowest BCUT2D eigenvalue weighted by molar-refractivity contribution is 0.269. The van der Waals surface area contributed by atoms with Crippen LogP contribution in [-0.2, 0) is 6.42 Å². The van der Waals surface area contributed by atoms with Gasteiger partial charge in [-0.1, -0.05) is 18.2 Å². The van der Waals surface area contributed by atoms with Crippen molar-refractivity contribution in [3.8, 4) is 5.75 Å². The number of hydrogen-bond acceptors (Lipinski definition) is 4. The molecular formula is C19H26N4OS. The average Bonchev–Trinajstić information content (AvgIpc) is 3.05. The van der Waals surface area contributed by atoms with Gasteiger partial charge in [0.2, 0.25) is 0 Å². The Labute approximate surface area is 153 Å². The Morgan fingerprint density at radius 3 is 3.04 bits per heavy atom. The van der Waals surface area contributed by atoms with E-state index in [9.17, 15) is 0 Å². The molecule has 2 aromatic rings. The summed E-state index contributed by atoms with van der Waals surface area (Å²) in [5, 5.41) is 7.91. The van der Waals surface area contributed by atoms with Crippen LogP contribution in [0.15, 0.2) is 35.5 Å². The summed E-state index contributed by atoms with van der Waals surface area (Å²) in [4.78, 5) is 10.5. The minimum atomic E-state index is 0.419. The molecule has 0 bridgehead atoms. The number of ether oxygens (including phenoxy) is 1. The SMILES string of the molecule is CCNC(=NCC1CCOc2ccccc21)NCCc1ncc(C)s1. The number of hydrogen-bond donors (Lipinski definition) is 2. The number of aliphatic imine (C=N–C) groups is 1. The first kappa shape index (κ1) is 17.7. The normalized spacial score (nSPS) is 16.9. The van der Waals surface area contributed by atoms with Gasteiger partial charge in [0.1, 0.15) is 5.75 Å². The highest BCUT2D eigenvalue weighted by molar-refractivity contribution is 7.11. The van der Waals surface area contributed by atoms with Crippen molar-refractivity contribution in [2.75, 3.05) is 26.2 Å². The van der Waals surface area contributed by atoms with Gasteiger partial charge in [-0.05, 0) is 31.9 Å². The van der Waals surface area contributed by atoms with Gasteiger partial charge >= 0.3 is 0 Å². The predicted molar refractivity (Wildman–Crippen MR) is 104 cm³/mol. The highest BCUT2D eigenvalue weighted by Gasteiger charge is 2.20. The molecule has 0 radical (unpaired) electrons. The van der Waals surface area contributed by atoms with Crippen LogP contribution >= 0.6 is 11.3 Å². The van der Waals surface area contributed by atoms with Crippen LogP contribution in [0.2, 0.25) is 0 Å². The molecule has 0 fully saturated rings. The molecule has 134 valence electrons. The fourth-order valence-corrected chi connectivity index (χ4v) is 3.74. The largest absolute Gasteiger partial charge is 0.493 e. The summed E-state index contributed by atoms with van der Waals surface area (Å²) in [6.45, 7) is 7.41. The zero-order valence-corrected chi connectivity index (χ0v) is 15.7. The lowest BCUT2D eigenvalue weighted by Crippen LogP contribution is -2.38. The number of guanidine groups is 1. The minimum absolute atomic E-state index is 0.419. The first-order valence-electron chi connectivity index (χ1n) is 8.91. The number of fused-ring (bicyclic) bond motifs is 1. The lowest BCUT2D eigenvalue weighted by Gasteiger charge is -2.25. The molecule has 25 heavy (non-hydrogen) atoms. The zero-order chi connectivity index (χ0) is 17.5. The molecule has 1 aliphatic rings. The van der Waals surface area contributed by atoms with Gasteiger partial charge < -0.3 is 15.4 Å². The van der Waals surface area contributed by atoms with E-state index in [4.69, 9.17) is 9.73 Å². The van der Waals surface area contributed by atoms with Crippen molar-refractivity contribution in [2.45, 2.75) is 32.6 Å².